The minimum atomic E-state index is 0.692. The second kappa shape index (κ2) is 4.77. The predicted molar refractivity (Wildman–Crippen MR) is 60.6 cm³/mol. The van der Waals surface area contributed by atoms with E-state index in [-0.39, 0.29) is 0 Å². The molecule has 0 radical (unpaired) electrons. The SMILES string of the molecule is CCN(Cc1ccn(C)n1)C1CCNC1. The minimum absolute atomic E-state index is 0.692. The molecule has 1 aliphatic rings. The summed E-state index contributed by atoms with van der Waals surface area (Å²) in [4.78, 5) is 2.50. The van der Waals surface area contributed by atoms with Crippen molar-refractivity contribution < 1.29 is 0 Å². The van der Waals surface area contributed by atoms with Crippen molar-refractivity contribution in [3.63, 3.8) is 0 Å². The molecule has 1 N–H and O–H groups in total. The molecule has 0 saturated carbocycles. The first-order valence-corrected chi connectivity index (χ1v) is 5.73. The largest absolute Gasteiger partial charge is 0.315 e. The molecule has 0 spiro atoms. The zero-order chi connectivity index (χ0) is 10.7. The van der Waals surface area contributed by atoms with Gasteiger partial charge in [-0.15, -0.1) is 0 Å². The Balaban J connectivity index is 1.95. The second-order valence-electron chi connectivity index (χ2n) is 4.19. The number of hydrogen-bond donors (Lipinski definition) is 1. The molecule has 1 saturated heterocycles. The van der Waals surface area contributed by atoms with Crippen molar-refractivity contribution in [2.45, 2.75) is 25.9 Å². The normalized spacial score (nSPS) is 21.4. The lowest BCUT2D eigenvalue weighted by molar-refractivity contribution is 0.207. The quantitative estimate of drug-likeness (QED) is 0.787. The summed E-state index contributed by atoms with van der Waals surface area (Å²) in [5, 5.41) is 7.84. The molecule has 2 rings (SSSR count). The van der Waals surface area contributed by atoms with Crippen LogP contribution >= 0.6 is 0 Å². The molecule has 4 nitrogen and oxygen atoms in total. The van der Waals surface area contributed by atoms with E-state index in [1.165, 1.54) is 12.1 Å². The lowest BCUT2D eigenvalue weighted by Gasteiger charge is -2.25. The van der Waals surface area contributed by atoms with Crippen molar-refractivity contribution in [2.24, 2.45) is 7.05 Å². The molecule has 15 heavy (non-hydrogen) atoms. The van der Waals surface area contributed by atoms with Crippen molar-refractivity contribution in [3.05, 3.63) is 18.0 Å². The van der Waals surface area contributed by atoms with Gasteiger partial charge in [0.1, 0.15) is 0 Å². The van der Waals surface area contributed by atoms with E-state index in [4.69, 9.17) is 0 Å². The van der Waals surface area contributed by atoms with E-state index in [0.717, 1.165) is 26.2 Å². The third kappa shape index (κ3) is 2.58. The minimum Gasteiger partial charge on any atom is -0.315 e. The zero-order valence-electron chi connectivity index (χ0n) is 9.61. The van der Waals surface area contributed by atoms with Gasteiger partial charge in [0.15, 0.2) is 0 Å². The average Bonchev–Trinajstić information content (AvgIpc) is 2.85. The van der Waals surface area contributed by atoms with Crippen LogP contribution in [0.15, 0.2) is 12.3 Å². The highest BCUT2D eigenvalue weighted by Gasteiger charge is 2.21. The summed E-state index contributed by atoms with van der Waals surface area (Å²) in [5.41, 5.74) is 1.17. The van der Waals surface area contributed by atoms with Crippen molar-refractivity contribution in [1.29, 1.82) is 0 Å². The Morgan fingerprint density at radius 3 is 3.07 bits per heavy atom. The molecule has 1 fully saturated rings. The van der Waals surface area contributed by atoms with Gasteiger partial charge in [0.2, 0.25) is 0 Å². The fourth-order valence-corrected chi connectivity index (χ4v) is 2.21. The Labute approximate surface area is 91.3 Å². The molecular weight excluding hydrogens is 188 g/mol. The number of nitrogens with one attached hydrogen (secondary N) is 1. The van der Waals surface area contributed by atoms with Crippen LogP contribution in [0.25, 0.3) is 0 Å². The number of aromatic nitrogens is 2. The number of aryl methyl sites for hydroxylation is 1. The average molecular weight is 208 g/mol. The number of rotatable bonds is 4. The van der Waals surface area contributed by atoms with Gasteiger partial charge in [0.05, 0.1) is 5.69 Å². The summed E-state index contributed by atoms with van der Waals surface area (Å²) in [6.45, 7) is 6.58. The van der Waals surface area contributed by atoms with Crippen LogP contribution in [0.5, 0.6) is 0 Å². The topological polar surface area (TPSA) is 33.1 Å². The summed E-state index contributed by atoms with van der Waals surface area (Å²) in [6, 6.07) is 2.79. The van der Waals surface area contributed by atoms with Crippen molar-refractivity contribution in [2.75, 3.05) is 19.6 Å². The smallest absolute Gasteiger partial charge is 0.0764 e. The van der Waals surface area contributed by atoms with Crippen LogP contribution in [-0.4, -0.2) is 40.4 Å². The van der Waals surface area contributed by atoms with E-state index in [0.29, 0.717) is 6.04 Å². The molecule has 84 valence electrons. The first-order valence-electron chi connectivity index (χ1n) is 5.73. The maximum atomic E-state index is 4.42. The molecular formula is C11H20N4. The van der Waals surface area contributed by atoms with Gasteiger partial charge >= 0.3 is 0 Å². The summed E-state index contributed by atoms with van der Waals surface area (Å²) >= 11 is 0. The highest BCUT2D eigenvalue weighted by Crippen LogP contribution is 2.11. The van der Waals surface area contributed by atoms with Crippen LogP contribution in [0, 0.1) is 0 Å². The second-order valence-corrected chi connectivity index (χ2v) is 4.19. The Hall–Kier alpha value is -0.870. The van der Waals surface area contributed by atoms with Crippen molar-refractivity contribution in [1.82, 2.24) is 20.0 Å². The molecule has 1 aromatic rings. The van der Waals surface area contributed by atoms with E-state index in [1.807, 2.05) is 17.9 Å². The molecule has 1 atom stereocenters. The lowest BCUT2D eigenvalue weighted by atomic mass is 10.2. The van der Waals surface area contributed by atoms with Gasteiger partial charge in [-0.3, -0.25) is 9.58 Å². The van der Waals surface area contributed by atoms with Gasteiger partial charge in [-0.2, -0.15) is 5.10 Å². The van der Waals surface area contributed by atoms with Crippen LogP contribution in [0.1, 0.15) is 19.0 Å². The lowest BCUT2D eigenvalue weighted by Crippen LogP contribution is -2.36. The molecule has 4 heteroatoms. The molecule has 0 bridgehead atoms. The molecule has 0 aliphatic carbocycles. The zero-order valence-corrected chi connectivity index (χ0v) is 9.61. The third-order valence-corrected chi connectivity index (χ3v) is 3.09. The van der Waals surface area contributed by atoms with E-state index < -0.39 is 0 Å². The van der Waals surface area contributed by atoms with Gasteiger partial charge in [-0.25, -0.2) is 0 Å². The maximum absolute atomic E-state index is 4.42. The van der Waals surface area contributed by atoms with Gasteiger partial charge in [-0.05, 0) is 25.6 Å². The fraction of sp³-hybridized carbons (Fsp3) is 0.727. The highest BCUT2D eigenvalue weighted by atomic mass is 15.3. The first-order chi connectivity index (χ1) is 7.29. The standard InChI is InChI=1S/C11H20N4/c1-3-15(11-4-6-12-8-11)9-10-5-7-14(2)13-10/h5,7,11-12H,3-4,6,8-9H2,1-2H3. The van der Waals surface area contributed by atoms with Gasteiger partial charge in [-0.1, -0.05) is 6.92 Å². The molecule has 0 aromatic carbocycles. The fourth-order valence-electron chi connectivity index (χ4n) is 2.21. The van der Waals surface area contributed by atoms with E-state index >= 15 is 0 Å². The van der Waals surface area contributed by atoms with Crippen molar-refractivity contribution >= 4 is 0 Å². The maximum Gasteiger partial charge on any atom is 0.0764 e. The van der Waals surface area contributed by atoms with Crippen LogP contribution in [0.4, 0.5) is 0 Å². The van der Waals surface area contributed by atoms with Crippen LogP contribution in [-0.2, 0) is 13.6 Å². The Bertz CT molecular complexity index is 301. The van der Waals surface area contributed by atoms with Gasteiger partial charge in [0.25, 0.3) is 0 Å². The molecule has 1 aromatic heterocycles. The van der Waals surface area contributed by atoms with Gasteiger partial charge in [0, 0.05) is 32.4 Å². The van der Waals surface area contributed by atoms with Crippen LogP contribution in [0.2, 0.25) is 0 Å². The Morgan fingerprint density at radius 2 is 2.53 bits per heavy atom. The number of hydrogen-bond acceptors (Lipinski definition) is 3. The number of nitrogens with zero attached hydrogens (tertiary/aromatic N) is 3. The van der Waals surface area contributed by atoms with Crippen molar-refractivity contribution in [3.8, 4) is 0 Å². The monoisotopic (exact) mass is 208 g/mol. The Kier molecular flexibility index (Phi) is 3.38. The third-order valence-electron chi connectivity index (χ3n) is 3.09. The molecule has 1 aliphatic heterocycles. The first kappa shape index (κ1) is 10.6. The van der Waals surface area contributed by atoms with Crippen LogP contribution in [0.3, 0.4) is 0 Å². The molecule has 0 amide bonds. The Morgan fingerprint density at radius 1 is 1.67 bits per heavy atom. The van der Waals surface area contributed by atoms with E-state index in [1.54, 1.807) is 0 Å². The molecule has 1 unspecified atom stereocenters. The summed E-state index contributed by atoms with van der Waals surface area (Å²) in [7, 11) is 1.97. The highest BCUT2D eigenvalue weighted by molar-refractivity contribution is 4.99. The summed E-state index contributed by atoms with van der Waals surface area (Å²) in [6.07, 6.45) is 3.27. The predicted octanol–water partition coefficient (Wildman–Crippen LogP) is 0.604. The van der Waals surface area contributed by atoms with E-state index in [9.17, 15) is 0 Å². The number of likely N-dealkylation sites (N-methyl/N-ethyl adjacent to an activating group) is 1. The molecule has 2 heterocycles. The van der Waals surface area contributed by atoms with Crippen LogP contribution < -0.4 is 5.32 Å². The summed E-state index contributed by atoms with van der Waals surface area (Å²) < 4.78 is 1.87. The van der Waals surface area contributed by atoms with E-state index in [2.05, 4.69) is 28.3 Å². The van der Waals surface area contributed by atoms with Gasteiger partial charge < -0.3 is 5.32 Å². The summed E-state index contributed by atoms with van der Waals surface area (Å²) in [5.74, 6) is 0.